The molecule has 1 aromatic carbocycles. The number of anilines is 3. The molecule has 3 rings (SSSR count). The van der Waals surface area contributed by atoms with Crippen molar-refractivity contribution in [1.29, 1.82) is 0 Å². The van der Waals surface area contributed by atoms with Crippen molar-refractivity contribution >= 4 is 58.6 Å². The number of nitrogens with two attached hydrogens (primary N) is 1. The van der Waals surface area contributed by atoms with E-state index in [1.807, 2.05) is 19.2 Å². The van der Waals surface area contributed by atoms with Gasteiger partial charge in [0.1, 0.15) is 5.82 Å². The van der Waals surface area contributed by atoms with E-state index < -0.39 is 0 Å². The summed E-state index contributed by atoms with van der Waals surface area (Å²) in [5.41, 5.74) is 7.17. The fourth-order valence-electron chi connectivity index (χ4n) is 2.20. The van der Waals surface area contributed by atoms with Crippen LogP contribution in [0.3, 0.4) is 0 Å². The van der Waals surface area contributed by atoms with Crippen LogP contribution in [0.1, 0.15) is 12.1 Å². The number of allylic oxidation sites excluding steroid dienone is 2. The van der Waals surface area contributed by atoms with Gasteiger partial charge in [0.15, 0.2) is 0 Å². The Balaban J connectivity index is 1.83. The maximum absolute atomic E-state index is 6.44. The molecule has 0 fully saturated rings. The van der Waals surface area contributed by atoms with Crippen LogP contribution in [0.4, 0.5) is 17.5 Å². The highest BCUT2D eigenvalue weighted by atomic mass is 35.5. The molecule has 0 radical (unpaired) electrons. The second-order valence-electron chi connectivity index (χ2n) is 5.24. The van der Waals surface area contributed by atoms with Crippen molar-refractivity contribution in [2.75, 3.05) is 11.1 Å². The molecule has 2 heterocycles. The zero-order valence-corrected chi connectivity index (χ0v) is 15.7. The van der Waals surface area contributed by atoms with Crippen molar-refractivity contribution in [2.45, 2.75) is 18.2 Å². The predicted octanol–water partition coefficient (Wildman–Crippen LogP) is 5.38. The van der Waals surface area contributed by atoms with E-state index >= 15 is 0 Å². The number of benzene rings is 1. The third-order valence-corrected chi connectivity index (χ3v) is 5.22. The summed E-state index contributed by atoms with van der Waals surface area (Å²) >= 11 is 14.4. The zero-order chi connectivity index (χ0) is 17.8. The smallest absolute Gasteiger partial charge is 0.222 e. The summed E-state index contributed by atoms with van der Waals surface area (Å²) in [4.78, 5) is 14.1. The maximum atomic E-state index is 6.44. The molecule has 5 nitrogen and oxygen atoms in total. The third-order valence-electron chi connectivity index (χ3n) is 3.22. The van der Waals surface area contributed by atoms with Crippen molar-refractivity contribution in [2.24, 2.45) is 4.99 Å². The normalized spacial score (nSPS) is 13.5. The summed E-state index contributed by atoms with van der Waals surface area (Å²) in [7, 11) is 0. The molecule has 1 aromatic heterocycles. The number of rotatable bonds is 4. The Bertz CT molecular complexity index is 849. The van der Waals surface area contributed by atoms with E-state index in [1.54, 1.807) is 24.4 Å². The quantitative estimate of drug-likeness (QED) is 0.730. The predicted molar refractivity (Wildman–Crippen MR) is 107 cm³/mol. The number of halogens is 2. The molecule has 0 unspecified atom stereocenters. The van der Waals surface area contributed by atoms with Crippen LogP contribution < -0.4 is 11.1 Å². The first kappa shape index (κ1) is 17.8. The van der Waals surface area contributed by atoms with Crippen LogP contribution in [0.25, 0.3) is 0 Å². The Morgan fingerprint density at radius 2 is 1.92 bits per heavy atom. The van der Waals surface area contributed by atoms with Gasteiger partial charge in [-0.05, 0) is 25.1 Å². The first-order valence-electron chi connectivity index (χ1n) is 7.44. The number of hydrogen-bond acceptors (Lipinski definition) is 6. The summed E-state index contributed by atoms with van der Waals surface area (Å²) in [6, 6.07) is 5.41. The van der Waals surface area contributed by atoms with E-state index in [9.17, 15) is 0 Å². The minimum absolute atomic E-state index is 0.209. The van der Waals surface area contributed by atoms with Gasteiger partial charge in [-0.25, -0.2) is 4.98 Å². The Kier molecular flexibility index (Phi) is 5.63. The minimum Gasteiger partial charge on any atom is -0.368 e. The van der Waals surface area contributed by atoms with E-state index in [-0.39, 0.29) is 5.95 Å². The summed E-state index contributed by atoms with van der Waals surface area (Å²) in [6.07, 6.45) is 8.38. The lowest BCUT2D eigenvalue weighted by molar-refractivity contribution is 1.12. The van der Waals surface area contributed by atoms with Crippen LogP contribution in [-0.4, -0.2) is 16.2 Å². The Labute approximate surface area is 160 Å². The van der Waals surface area contributed by atoms with Crippen LogP contribution in [0.2, 0.25) is 10.0 Å². The molecule has 0 aliphatic carbocycles. The number of aliphatic imine (C=N–C) groups is 1. The van der Waals surface area contributed by atoms with E-state index in [1.165, 1.54) is 11.8 Å². The zero-order valence-electron chi connectivity index (χ0n) is 13.3. The first-order valence-corrected chi connectivity index (χ1v) is 9.02. The second kappa shape index (κ2) is 7.91. The van der Waals surface area contributed by atoms with Gasteiger partial charge in [0.25, 0.3) is 0 Å². The molecule has 1 aliphatic heterocycles. The Morgan fingerprint density at radius 1 is 1.16 bits per heavy atom. The first-order chi connectivity index (χ1) is 12.0. The largest absolute Gasteiger partial charge is 0.368 e. The van der Waals surface area contributed by atoms with E-state index in [2.05, 4.69) is 26.4 Å². The number of aryl methyl sites for hydroxylation is 1. The summed E-state index contributed by atoms with van der Waals surface area (Å²) in [5, 5.41) is 4.26. The molecular formula is C17H15Cl2N5S. The van der Waals surface area contributed by atoms with Crippen molar-refractivity contribution < 1.29 is 0 Å². The number of nitrogen functional groups attached to an aromatic ring is 1. The van der Waals surface area contributed by atoms with Crippen molar-refractivity contribution in [3.63, 3.8) is 0 Å². The fraction of sp³-hybridized carbons (Fsp3) is 0.118. The molecule has 128 valence electrons. The molecule has 3 N–H and O–H groups in total. The van der Waals surface area contributed by atoms with Crippen molar-refractivity contribution in [3.05, 3.63) is 57.2 Å². The monoisotopic (exact) mass is 391 g/mol. The van der Waals surface area contributed by atoms with Crippen LogP contribution in [0, 0.1) is 6.92 Å². The number of nitrogens with one attached hydrogen (secondary N) is 1. The SMILES string of the molecule is Cc1cc(Nc2cc(Cl)c(SC3=CCC=NC=C3)c(Cl)c2)nc(N)n1. The lowest BCUT2D eigenvalue weighted by atomic mass is 10.3. The lowest BCUT2D eigenvalue weighted by Crippen LogP contribution is -2.01. The molecule has 8 heteroatoms. The van der Waals surface area contributed by atoms with E-state index in [0.717, 1.165) is 27.6 Å². The van der Waals surface area contributed by atoms with Gasteiger partial charge in [-0.3, -0.25) is 4.99 Å². The van der Waals surface area contributed by atoms with Gasteiger partial charge in [-0.15, -0.1) is 0 Å². The average molecular weight is 392 g/mol. The highest BCUT2D eigenvalue weighted by Crippen LogP contribution is 2.41. The molecule has 0 amide bonds. The minimum atomic E-state index is 0.209. The van der Waals surface area contributed by atoms with Crippen LogP contribution in [0.15, 0.2) is 51.3 Å². The molecule has 2 aromatic rings. The van der Waals surface area contributed by atoms with Gasteiger partial charge in [-0.2, -0.15) is 4.98 Å². The fourth-order valence-corrected chi connectivity index (χ4v) is 3.78. The number of aromatic nitrogens is 2. The molecule has 0 atom stereocenters. The summed E-state index contributed by atoms with van der Waals surface area (Å²) in [5.74, 6) is 0.797. The summed E-state index contributed by atoms with van der Waals surface area (Å²) < 4.78 is 0. The molecule has 0 spiro atoms. The van der Waals surface area contributed by atoms with Crippen LogP contribution in [-0.2, 0) is 0 Å². The summed E-state index contributed by atoms with van der Waals surface area (Å²) in [6.45, 7) is 1.85. The van der Waals surface area contributed by atoms with Crippen LogP contribution >= 0.6 is 35.0 Å². The van der Waals surface area contributed by atoms with E-state index in [4.69, 9.17) is 28.9 Å². The number of hydrogen-bond donors (Lipinski definition) is 2. The van der Waals surface area contributed by atoms with Gasteiger partial charge < -0.3 is 11.1 Å². The maximum Gasteiger partial charge on any atom is 0.222 e. The van der Waals surface area contributed by atoms with Gasteiger partial charge in [0.2, 0.25) is 5.95 Å². The third kappa shape index (κ3) is 4.75. The highest BCUT2D eigenvalue weighted by molar-refractivity contribution is 8.03. The van der Waals surface area contributed by atoms with E-state index in [0.29, 0.717) is 15.9 Å². The number of nitrogens with zero attached hydrogens (tertiary/aromatic N) is 3. The average Bonchev–Trinajstić information content (AvgIpc) is 2.78. The Morgan fingerprint density at radius 3 is 2.64 bits per heavy atom. The standard InChI is InChI=1S/C17H15Cl2N5S/c1-10-7-15(24-17(20)22-10)23-11-8-13(18)16(14(19)9-11)25-12-3-2-5-21-6-4-12/h3-9H,2H2,1H3,(H3,20,22,23,24). The molecule has 1 aliphatic rings. The molecule has 0 saturated carbocycles. The van der Waals surface area contributed by atoms with Crippen LogP contribution in [0.5, 0.6) is 0 Å². The molecule has 0 bridgehead atoms. The Hall–Kier alpha value is -2.02. The topological polar surface area (TPSA) is 76.2 Å². The van der Waals surface area contributed by atoms with Gasteiger partial charge in [0.05, 0.1) is 10.0 Å². The lowest BCUT2D eigenvalue weighted by Gasteiger charge is -2.12. The molecular weight excluding hydrogens is 377 g/mol. The van der Waals surface area contributed by atoms with Crippen molar-refractivity contribution in [3.8, 4) is 0 Å². The molecule has 0 saturated heterocycles. The highest BCUT2D eigenvalue weighted by Gasteiger charge is 2.12. The van der Waals surface area contributed by atoms with Gasteiger partial charge in [-0.1, -0.05) is 41.0 Å². The number of thioether (sulfide) groups is 1. The second-order valence-corrected chi connectivity index (χ2v) is 7.14. The molecule has 25 heavy (non-hydrogen) atoms. The van der Waals surface area contributed by atoms with Gasteiger partial charge >= 0.3 is 0 Å². The van der Waals surface area contributed by atoms with Gasteiger partial charge in [0, 0.05) is 46.1 Å². The van der Waals surface area contributed by atoms with Crippen molar-refractivity contribution in [1.82, 2.24) is 9.97 Å².